The Balaban J connectivity index is 1.92. The molecule has 0 atom stereocenters. The molecule has 1 aliphatic rings. The summed E-state index contributed by atoms with van der Waals surface area (Å²) >= 11 is 10.9. The van der Waals surface area contributed by atoms with Gasteiger partial charge in [0.1, 0.15) is 5.75 Å². The van der Waals surface area contributed by atoms with Crippen molar-refractivity contribution in [1.29, 1.82) is 0 Å². The monoisotopic (exact) mass is 356 g/mol. The molecule has 1 aromatic heterocycles. The number of hydrogen-bond acceptors (Lipinski definition) is 3. The Kier molecular flexibility index (Phi) is 3.65. The molecule has 0 amide bonds. The predicted octanol–water partition coefficient (Wildman–Crippen LogP) is 4.52. The molecule has 2 heterocycles. The molecule has 2 nitrogen and oxygen atoms in total. The van der Waals surface area contributed by atoms with Crippen LogP contribution in [0.4, 0.5) is 0 Å². The molecule has 0 unspecified atom stereocenters. The van der Waals surface area contributed by atoms with Crippen molar-refractivity contribution in [3.63, 3.8) is 0 Å². The van der Waals surface area contributed by atoms with Crippen LogP contribution >= 0.6 is 38.9 Å². The van der Waals surface area contributed by atoms with Gasteiger partial charge in [-0.05, 0) is 45.1 Å². The lowest BCUT2D eigenvalue weighted by molar-refractivity contribution is 0.0995. The number of ketones is 1. The number of carbonyl (C=O) groups excluding carboxylic acids is 1. The minimum absolute atomic E-state index is 0.0850. The normalized spacial score (nSPS) is 13.2. The highest BCUT2D eigenvalue weighted by Gasteiger charge is 2.21. The van der Waals surface area contributed by atoms with E-state index in [2.05, 4.69) is 15.9 Å². The quantitative estimate of drug-likeness (QED) is 0.755. The van der Waals surface area contributed by atoms with Gasteiger partial charge in [-0.1, -0.05) is 11.6 Å². The number of ether oxygens (including phenoxy) is 1. The molecule has 98 valence electrons. The first-order chi connectivity index (χ1) is 9.15. The highest BCUT2D eigenvalue weighted by atomic mass is 79.9. The van der Waals surface area contributed by atoms with Gasteiger partial charge in [-0.2, -0.15) is 0 Å². The third kappa shape index (κ3) is 2.57. The van der Waals surface area contributed by atoms with Crippen molar-refractivity contribution in [2.45, 2.75) is 12.8 Å². The summed E-state index contributed by atoms with van der Waals surface area (Å²) in [7, 11) is 0. The molecule has 0 saturated carbocycles. The second-order valence-corrected chi connectivity index (χ2v) is 6.56. The third-order valence-corrected chi connectivity index (χ3v) is 5.14. The van der Waals surface area contributed by atoms with Crippen molar-refractivity contribution in [3.8, 4) is 5.75 Å². The van der Waals surface area contributed by atoms with E-state index in [0.29, 0.717) is 18.1 Å². The maximum absolute atomic E-state index is 12.3. The highest BCUT2D eigenvalue weighted by Crippen LogP contribution is 2.34. The smallest absolute Gasteiger partial charge is 0.178 e. The number of benzene rings is 1. The maximum Gasteiger partial charge on any atom is 0.178 e. The molecule has 19 heavy (non-hydrogen) atoms. The van der Waals surface area contributed by atoms with Gasteiger partial charge in [0.25, 0.3) is 0 Å². The van der Waals surface area contributed by atoms with Crippen LogP contribution < -0.4 is 4.74 Å². The standard InChI is InChI=1S/C14H10BrClO2S/c15-11-2-4-19-14(11)12(17)7-9-6-10(16)5-8-1-3-18-13(8)9/h2,4-6H,1,3,7H2. The van der Waals surface area contributed by atoms with Crippen molar-refractivity contribution < 1.29 is 9.53 Å². The van der Waals surface area contributed by atoms with Crippen LogP contribution in [0.15, 0.2) is 28.1 Å². The Labute approximate surface area is 128 Å². The molecule has 5 heteroatoms. The van der Waals surface area contributed by atoms with Gasteiger partial charge in [-0.3, -0.25) is 4.79 Å². The summed E-state index contributed by atoms with van der Waals surface area (Å²) in [6, 6.07) is 5.63. The summed E-state index contributed by atoms with van der Waals surface area (Å²) in [5, 5.41) is 2.56. The second-order valence-electron chi connectivity index (χ2n) is 4.35. The highest BCUT2D eigenvalue weighted by molar-refractivity contribution is 9.10. The maximum atomic E-state index is 12.3. The minimum Gasteiger partial charge on any atom is -0.493 e. The molecule has 0 spiro atoms. The first-order valence-corrected chi connectivity index (χ1v) is 7.90. The van der Waals surface area contributed by atoms with E-state index in [1.807, 2.05) is 23.6 Å². The van der Waals surface area contributed by atoms with E-state index >= 15 is 0 Å². The SMILES string of the molecule is O=C(Cc1cc(Cl)cc2c1OCC2)c1sccc1Br. The fourth-order valence-corrected chi connectivity index (χ4v) is 4.02. The lowest BCUT2D eigenvalue weighted by Gasteiger charge is -2.08. The van der Waals surface area contributed by atoms with Gasteiger partial charge in [-0.15, -0.1) is 11.3 Å². The van der Waals surface area contributed by atoms with E-state index in [1.165, 1.54) is 11.3 Å². The number of rotatable bonds is 3. The first kappa shape index (κ1) is 13.2. The lowest BCUT2D eigenvalue weighted by atomic mass is 10.0. The van der Waals surface area contributed by atoms with Gasteiger partial charge in [-0.25, -0.2) is 0 Å². The van der Waals surface area contributed by atoms with Gasteiger partial charge < -0.3 is 4.74 Å². The zero-order chi connectivity index (χ0) is 13.4. The van der Waals surface area contributed by atoms with Gasteiger partial charge in [0.2, 0.25) is 0 Å². The largest absolute Gasteiger partial charge is 0.493 e. The van der Waals surface area contributed by atoms with Crippen LogP contribution in [0, 0.1) is 0 Å². The van der Waals surface area contributed by atoms with E-state index in [1.54, 1.807) is 0 Å². The van der Waals surface area contributed by atoms with E-state index in [-0.39, 0.29) is 5.78 Å². The number of Topliss-reactive ketones (excluding diaryl/α,β-unsaturated/α-hetero) is 1. The second kappa shape index (κ2) is 5.27. The predicted molar refractivity (Wildman–Crippen MR) is 80.7 cm³/mol. The number of carbonyl (C=O) groups is 1. The Morgan fingerprint density at radius 1 is 1.47 bits per heavy atom. The molecule has 2 aromatic rings. The summed E-state index contributed by atoms with van der Waals surface area (Å²) in [6.07, 6.45) is 1.18. The summed E-state index contributed by atoms with van der Waals surface area (Å²) < 4.78 is 6.46. The molecule has 0 aliphatic carbocycles. The third-order valence-electron chi connectivity index (χ3n) is 3.05. The number of halogens is 2. The van der Waals surface area contributed by atoms with Crippen LogP contribution in [0.2, 0.25) is 5.02 Å². The van der Waals surface area contributed by atoms with Crippen LogP contribution in [0.25, 0.3) is 0 Å². The molecule has 1 aliphatic heterocycles. The molecule has 0 radical (unpaired) electrons. The molecule has 0 N–H and O–H groups in total. The average molecular weight is 358 g/mol. The molecular formula is C14H10BrClO2S. The zero-order valence-electron chi connectivity index (χ0n) is 9.91. The topological polar surface area (TPSA) is 26.3 Å². The molecule has 1 aromatic carbocycles. The zero-order valence-corrected chi connectivity index (χ0v) is 13.1. The van der Waals surface area contributed by atoms with Crippen molar-refractivity contribution >= 4 is 44.7 Å². The van der Waals surface area contributed by atoms with E-state index in [9.17, 15) is 4.79 Å². The summed E-state index contributed by atoms with van der Waals surface area (Å²) in [4.78, 5) is 13.0. The van der Waals surface area contributed by atoms with Gasteiger partial charge in [0.15, 0.2) is 5.78 Å². The first-order valence-electron chi connectivity index (χ1n) is 5.85. The molecular weight excluding hydrogens is 348 g/mol. The van der Waals surface area contributed by atoms with Gasteiger partial charge in [0.05, 0.1) is 11.5 Å². The average Bonchev–Trinajstić information content (AvgIpc) is 2.97. The number of thiophene rings is 1. The van der Waals surface area contributed by atoms with Crippen molar-refractivity contribution in [3.05, 3.63) is 49.1 Å². The van der Waals surface area contributed by atoms with Crippen LogP contribution in [-0.4, -0.2) is 12.4 Å². The van der Waals surface area contributed by atoms with Crippen molar-refractivity contribution in [1.82, 2.24) is 0 Å². The van der Waals surface area contributed by atoms with Crippen molar-refractivity contribution in [2.24, 2.45) is 0 Å². The number of hydrogen-bond donors (Lipinski definition) is 0. The Hall–Kier alpha value is -0.840. The van der Waals surface area contributed by atoms with E-state index < -0.39 is 0 Å². The van der Waals surface area contributed by atoms with Gasteiger partial charge in [0, 0.05) is 27.9 Å². The summed E-state index contributed by atoms with van der Waals surface area (Å²) in [5.74, 6) is 0.923. The molecule has 0 bridgehead atoms. The fourth-order valence-electron chi connectivity index (χ4n) is 2.22. The van der Waals surface area contributed by atoms with E-state index in [0.717, 1.165) is 32.6 Å². The lowest BCUT2D eigenvalue weighted by Crippen LogP contribution is -2.03. The Bertz CT molecular complexity index is 651. The van der Waals surface area contributed by atoms with Gasteiger partial charge >= 0.3 is 0 Å². The van der Waals surface area contributed by atoms with E-state index in [4.69, 9.17) is 16.3 Å². The van der Waals surface area contributed by atoms with Crippen LogP contribution in [0.3, 0.4) is 0 Å². The minimum atomic E-state index is 0.0850. The molecule has 0 saturated heterocycles. The Morgan fingerprint density at radius 2 is 2.32 bits per heavy atom. The molecule has 3 rings (SSSR count). The van der Waals surface area contributed by atoms with Crippen LogP contribution in [-0.2, 0) is 12.8 Å². The van der Waals surface area contributed by atoms with Crippen LogP contribution in [0.5, 0.6) is 5.75 Å². The fraction of sp³-hybridized carbons (Fsp3) is 0.214. The number of fused-ring (bicyclic) bond motifs is 1. The summed E-state index contributed by atoms with van der Waals surface area (Å²) in [5.41, 5.74) is 1.98. The Morgan fingerprint density at radius 3 is 3.05 bits per heavy atom. The molecule has 0 fully saturated rings. The van der Waals surface area contributed by atoms with Crippen molar-refractivity contribution in [2.75, 3.05) is 6.61 Å². The van der Waals surface area contributed by atoms with Crippen LogP contribution in [0.1, 0.15) is 20.8 Å². The summed E-state index contributed by atoms with van der Waals surface area (Å²) in [6.45, 7) is 0.666.